The van der Waals surface area contributed by atoms with Crippen LogP contribution in [0.15, 0.2) is 54.6 Å². The number of benzene rings is 2. The number of piperazine rings is 1. The van der Waals surface area contributed by atoms with Crippen LogP contribution in [0.5, 0.6) is 0 Å². The third-order valence-electron chi connectivity index (χ3n) is 5.40. The molecule has 0 saturated carbocycles. The number of nitrogens with zero attached hydrogens (tertiary/aromatic N) is 2. The summed E-state index contributed by atoms with van der Waals surface area (Å²) in [5.74, 6) is 0.565. The number of hydrogen-bond donors (Lipinski definition) is 0. The van der Waals surface area contributed by atoms with Gasteiger partial charge < -0.3 is 0 Å². The lowest BCUT2D eigenvalue weighted by atomic mass is 9.90. The minimum absolute atomic E-state index is 0.482. The van der Waals surface area contributed by atoms with E-state index in [1.165, 1.54) is 16.7 Å². The van der Waals surface area contributed by atoms with E-state index in [2.05, 4.69) is 92.1 Å². The Morgan fingerprint density at radius 3 is 2.24 bits per heavy atom. The molecule has 1 aliphatic heterocycles. The fourth-order valence-corrected chi connectivity index (χ4v) is 4.07. The Labute approximate surface area is 153 Å². The maximum atomic E-state index is 2.68. The van der Waals surface area contributed by atoms with Crippen LogP contribution in [0.2, 0.25) is 0 Å². The van der Waals surface area contributed by atoms with Crippen LogP contribution >= 0.6 is 0 Å². The third-order valence-corrected chi connectivity index (χ3v) is 5.40. The Morgan fingerprint density at radius 2 is 1.56 bits per heavy atom. The normalized spacial score (nSPS) is 19.7. The molecule has 1 unspecified atom stereocenters. The highest BCUT2D eigenvalue weighted by Gasteiger charge is 2.31. The third kappa shape index (κ3) is 4.31. The number of hydrogen-bond acceptors (Lipinski definition) is 2. The van der Waals surface area contributed by atoms with Gasteiger partial charge >= 0.3 is 0 Å². The van der Waals surface area contributed by atoms with Crippen LogP contribution in [0.4, 0.5) is 0 Å². The highest BCUT2D eigenvalue weighted by molar-refractivity contribution is 5.33. The Balaban J connectivity index is 1.85. The molecule has 0 aliphatic carbocycles. The number of rotatable bonds is 5. The second-order valence-electron chi connectivity index (χ2n) is 7.85. The maximum absolute atomic E-state index is 2.68. The summed E-state index contributed by atoms with van der Waals surface area (Å²) >= 11 is 0. The summed E-state index contributed by atoms with van der Waals surface area (Å²) in [7, 11) is 0. The highest BCUT2D eigenvalue weighted by Crippen LogP contribution is 2.33. The highest BCUT2D eigenvalue weighted by atomic mass is 15.3. The molecular formula is C23H32N2. The smallest absolute Gasteiger partial charge is 0.0481 e. The molecule has 0 aromatic heterocycles. The predicted molar refractivity (Wildman–Crippen MR) is 107 cm³/mol. The fourth-order valence-electron chi connectivity index (χ4n) is 4.07. The zero-order valence-corrected chi connectivity index (χ0v) is 16.2. The minimum atomic E-state index is 0.482. The first-order valence-electron chi connectivity index (χ1n) is 9.67. The molecule has 0 amide bonds. The summed E-state index contributed by atoms with van der Waals surface area (Å²) in [5, 5.41) is 0. The second kappa shape index (κ2) is 8.16. The SMILES string of the molecule is CC(C)c1ccccc1C1CN(Cc2ccccc2)CCN1C(C)C. The van der Waals surface area contributed by atoms with Crippen molar-refractivity contribution in [3.63, 3.8) is 0 Å². The van der Waals surface area contributed by atoms with Gasteiger partial charge in [-0.3, -0.25) is 9.80 Å². The molecule has 25 heavy (non-hydrogen) atoms. The summed E-state index contributed by atoms with van der Waals surface area (Å²) in [6, 6.07) is 21.0. The van der Waals surface area contributed by atoms with E-state index in [4.69, 9.17) is 0 Å². The van der Waals surface area contributed by atoms with Gasteiger partial charge in [0.2, 0.25) is 0 Å². The van der Waals surface area contributed by atoms with Crippen molar-refractivity contribution < 1.29 is 0 Å². The van der Waals surface area contributed by atoms with Crippen molar-refractivity contribution >= 4 is 0 Å². The van der Waals surface area contributed by atoms with Crippen molar-refractivity contribution in [3.8, 4) is 0 Å². The molecule has 1 aliphatic rings. The zero-order chi connectivity index (χ0) is 17.8. The van der Waals surface area contributed by atoms with E-state index in [1.54, 1.807) is 0 Å². The Hall–Kier alpha value is -1.64. The zero-order valence-electron chi connectivity index (χ0n) is 16.2. The average Bonchev–Trinajstić information content (AvgIpc) is 2.62. The van der Waals surface area contributed by atoms with Gasteiger partial charge in [-0.1, -0.05) is 68.4 Å². The molecule has 1 fully saturated rings. The Morgan fingerprint density at radius 1 is 0.880 bits per heavy atom. The van der Waals surface area contributed by atoms with Gasteiger partial charge in [0.05, 0.1) is 0 Å². The van der Waals surface area contributed by atoms with E-state index in [9.17, 15) is 0 Å². The molecule has 0 spiro atoms. The topological polar surface area (TPSA) is 6.48 Å². The van der Waals surface area contributed by atoms with Crippen LogP contribution in [0.3, 0.4) is 0 Å². The van der Waals surface area contributed by atoms with E-state index >= 15 is 0 Å². The molecular weight excluding hydrogens is 304 g/mol. The first kappa shape index (κ1) is 18.2. The molecule has 1 atom stereocenters. The molecule has 0 bridgehead atoms. The van der Waals surface area contributed by atoms with E-state index in [0.717, 1.165) is 26.2 Å². The Bertz CT molecular complexity index is 663. The lowest BCUT2D eigenvalue weighted by molar-refractivity contribution is 0.0463. The lowest BCUT2D eigenvalue weighted by Crippen LogP contribution is -2.50. The van der Waals surface area contributed by atoms with Crippen molar-refractivity contribution in [2.75, 3.05) is 19.6 Å². The van der Waals surface area contributed by atoms with Gasteiger partial charge in [-0.25, -0.2) is 0 Å². The van der Waals surface area contributed by atoms with Crippen LogP contribution in [0.1, 0.15) is 56.3 Å². The van der Waals surface area contributed by atoms with Crippen LogP contribution in [0, 0.1) is 0 Å². The molecule has 2 aromatic carbocycles. The van der Waals surface area contributed by atoms with Gasteiger partial charge in [0.1, 0.15) is 0 Å². The van der Waals surface area contributed by atoms with Crippen LogP contribution in [-0.4, -0.2) is 35.5 Å². The summed E-state index contributed by atoms with van der Waals surface area (Å²) in [6.45, 7) is 13.7. The molecule has 1 heterocycles. The molecule has 1 saturated heterocycles. The molecule has 0 N–H and O–H groups in total. The molecule has 2 aromatic rings. The van der Waals surface area contributed by atoms with Crippen LogP contribution in [0.25, 0.3) is 0 Å². The van der Waals surface area contributed by atoms with Gasteiger partial charge in [-0.15, -0.1) is 0 Å². The minimum Gasteiger partial charge on any atom is -0.296 e. The maximum Gasteiger partial charge on any atom is 0.0481 e. The Kier molecular flexibility index (Phi) is 5.93. The average molecular weight is 337 g/mol. The van der Waals surface area contributed by atoms with Crippen molar-refractivity contribution in [1.82, 2.24) is 9.80 Å². The summed E-state index contributed by atoms with van der Waals surface area (Å²) in [4.78, 5) is 5.30. The van der Waals surface area contributed by atoms with Gasteiger partial charge in [-0.2, -0.15) is 0 Å². The summed E-state index contributed by atoms with van der Waals surface area (Å²) in [6.07, 6.45) is 0. The second-order valence-corrected chi connectivity index (χ2v) is 7.85. The first-order valence-corrected chi connectivity index (χ1v) is 9.67. The molecule has 134 valence electrons. The van der Waals surface area contributed by atoms with Crippen molar-refractivity contribution in [3.05, 3.63) is 71.3 Å². The quantitative estimate of drug-likeness (QED) is 0.751. The molecule has 2 nitrogen and oxygen atoms in total. The first-order chi connectivity index (χ1) is 12.1. The van der Waals surface area contributed by atoms with Crippen molar-refractivity contribution in [1.29, 1.82) is 0 Å². The van der Waals surface area contributed by atoms with Gasteiger partial charge in [-0.05, 0) is 36.5 Å². The monoisotopic (exact) mass is 336 g/mol. The van der Waals surface area contributed by atoms with E-state index in [0.29, 0.717) is 18.0 Å². The fraction of sp³-hybridized carbons (Fsp3) is 0.478. The van der Waals surface area contributed by atoms with E-state index < -0.39 is 0 Å². The largest absolute Gasteiger partial charge is 0.296 e. The summed E-state index contributed by atoms with van der Waals surface area (Å²) in [5.41, 5.74) is 4.43. The van der Waals surface area contributed by atoms with Gasteiger partial charge in [0.25, 0.3) is 0 Å². The van der Waals surface area contributed by atoms with Gasteiger partial charge in [0, 0.05) is 38.3 Å². The predicted octanol–water partition coefficient (Wildman–Crippen LogP) is 5.08. The lowest BCUT2D eigenvalue weighted by Gasteiger charge is -2.44. The molecule has 3 rings (SSSR count). The van der Waals surface area contributed by atoms with Crippen molar-refractivity contribution in [2.45, 2.75) is 52.2 Å². The molecule has 0 radical (unpaired) electrons. The van der Waals surface area contributed by atoms with Crippen molar-refractivity contribution in [2.24, 2.45) is 0 Å². The van der Waals surface area contributed by atoms with Gasteiger partial charge in [0.15, 0.2) is 0 Å². The summed E-state index contributed by atoms with van der Waals surface area (Å²) < 4.78 is 0. The van der Waals surface area contributed by atoms with Crippen LogP contribution in [-0.2, 0) is 6.54 Å². The van der Waals surface area contributed by atoms with E-state index in [-0.39, 0.29) is 0 Å². The standard InChI is InChI=1S/C23H32N2/c1-18(2)21-12-8-9-13-22(21)23-17-24(14-15-25(23)19(3)4)16-20-10-6-5-7-11-20/h5-13,18-19,23H,14-17H2,1-4H3. The van der Waals surface area contributed by atoms with Crippen LogP contribution < -0.4 is 0 Å². The van der Waals surface area contributed by atoms with E-state index in [1.807, 2.05) is 0 Å². The molecule has 2 heteroatoms.